The number of methoxy groups -OCH3 is 1. The van der Waals surface area contributed by atoms with Crippen LogP contribution in [0.1, 0.15) is 17.2 Å². The van der Waals surface area contributed by atoms with Crippen molar-refractivity contribution in [2.45, 2.75) is 13.0 Å². The summed E-state index contributed by atoms with van der Waals surface area (Å²) in [5, 5.41) is 0. The van der Waals surface area contributed by atoms with Gasteiger partial charge in [-0.1, -0.05) is 29.8 Å². The van der Waals surface area contributed by atoms with E-state index in [1.54, 1.807) is 0 Å². The monoisotopic (exact) mass is 342 g/mol. The molecule has 0 amide bonds. The van der Waals surface area contributed by atoms with Crippen LogP contribution in [0.5, 0.6) is 0 Å². The fraction of sp³-hybridized carbons (Fsp3) is 0.625. The summed E-state index contributed by atoms with van der Waals surface area (Å²) in [6, 6.07) is 8.26. The average molecular weight is 342 g/mol. The summed E-state index contributed by atoms with van der Waals surface area (Å²) in [5.41, 5.74) is 2.31. The number of sulfonamides is 1. The minimum Gasteiger partial charge on any atom is -0.384 e. The SMILES string of the molecule is COCCS(=O)(=O)NCC(c1ccc(C)cc1)N1CCOCC1. The number of nitrogens with zero attached hydrogens (tertiary/aromatic N) is 1. The lowest BCUT2D eigenvalue weighted by Crippen LogP contribution is -2.44. The van der Waals surface area contributed by atoms with Crippen LogP contribution in [0.15, 0.2) is 24.3 Å². The van der Waals surface area contributed by atoms with Crippen molar-refractivity contribution in [2.75, 3.05) is 52.3 Å². The Morgan fingerprint density at radius 3 is 2.52 bits per heavy atom. The van der Waals surface area contributed by atoms with E-state index in [1.807, 2.05) is 6.92 Å². The molecule has 0 bridgehead atoms. The molecule has 0 aromatic heterocycles. The van der Waals surface area contributed by atoms with Gasteiger partial charge in [-0.25, -0.2) is 13.1 Å². The van der Waals surface area contributed by atoms with Gasteiger partial charge in [-0.05, 0) is 12.5 Å². The van der Waals surface area contributed by atoms with Crippen LogP contribution in [-0.4, -0.2) is 65.6 Å². The molecule has 0 spiro atoms. The smallest absolute Gasteiger partial charge is 0.213 e. The van der Waals surface area contributed by atoms with Crippen LogP contribution in [-0.2, 0) is 19.5 Å². The second kappa shape index (κ2) is 8.75. The molecule has 0 saturated carbocycles. The Morgan fingerprint density at radius 2 is 1.91 bits per heavy atom. The molecule has 1 N–H and O–H groups in total. The van der Waals surface area contributed by atoms with Crippen molar-refractivity contribution in [3.8, 4) is 0 Å². The Balaban J connectivity index is 2.08. The van der Waals surface area contributed by atoms with Crippen molar-refractivity contribution < 1.29 is 17.9 Å². The van der Waals surface area contributed by atoms with Gasteiger partial charge in [0.05, 0.1) is 25.6 Å². The average Bonchev–Trinajstić information content (AvgIpc) is 2.56. The Bertz CT molecular complexity index is 568. The zero-order valence-corrected chi connectivity index (χ0v) is 14.6. The summed E-state index contributed by atoms with van der Waals surface area (Å²) < 4.78 is 37.0. The Kier molecular flexibility index (Phi) is 6.98. The number of ether oxygens (including phenoxy) is 2. The molecule has 2 rings (SSSR count). The van der Waals surface area contributed by atoms with Crippen molar-refractivity contribution in [2.24, 2.45) is 0 Å². The maximum Gasteiger partial charge on any atom is 0.213 e. The maximum atomic E-state index is 12.0. The van der Waals surface area contributed by atoms with Gasteiger partial charge in [0.15, 0.2) is 0 Å². The lowest BCUT2D eigenvalue weighted by molar-refractivity contribution is 0.0172. The summed E-state index contributed by atoms with van der Waals surface area (Å²) in [5.74, 6) is -0.0206. The summed E-state index contributed by atoms with van der Waals surface area (Å²) in [6.07, 6.45) is 0. The van der Waals surface area contributed by atoms with Crippen LogP contribution in [0.4, 0.5) is 0 Å². The Morgan fingerprint density at radius 1 is 1.26 bits per heavy atom. The van der Waals surface area contributed by atoms with Gasteiger partial charge in [0.25, 0.3) is 0 Å². The summed E-state index contributed by atoms with van der Waals surface area (Å²) in [6.45, 7) is 5.56. The van der Waals surface area contributed by atoms with Gasteiger partial charge in [-0.2, -0.15) is 0 Å². The van der Waals surface area contributed by atoms with E-state index in [-0.39, 0.29) is 18.4 Å². The molecule has 1 fully saturated rings. The van der Waals surface area contributed by atoms with Crippen molar-refractivity contribution >= 4 is 10.0 Å². The highest BCUT2D eigenvalue weighted by Crippen LogP contribution is 2.22. The third kappa shape index (κ3) is 5.86. The van der Waals surface area contributed by atoms with Gasteiger partial charge in [0.1, 0.15) is 0 Å². The number of morpholine rings is 1. The molecule has 0 aliphatic carbocycles. The van der Waals surface area contributed by atoms with Crippen LogP contribution in [0.2, 0.25) is 0 Å². The fourth-order valence-electron chi connectivity index (χ4n) is 2.61. The first kappa shape index (κ1) is 18.4. The zero-order valence-electron chi connectivity index (χ0n) is 13.8. The molecule has 1 atom stereocenters. The van der Waals surface area contributed by atoms with Gasteiger partial charge in [0, 0.05) is 32.8 Å². The van der Waals surface area contributed by atoms with E-state index >= 15 is 0 Å². The summed E-state index contributed by atoms with van der Waals surface area (Å²) in [7, 11) is -1.83. The quantitative estimate of drug-likeness (QED) is 0.761. The summed E-state index contributed by atoms with van der Waals surface area (Å²) in [4.78, 5) is 2.27. The van der Waals surface area contributed by atoms with Crippen LogP contribution in [0, 0.1) is 6.92 Å². The zero-order chi connectivity index (χ0) is 16.7. The number of hydrogen-bond donors (Lipinski definition) is 1. The van der Waals surface area contributed by atoms with Crippen LogP contribution < -0.4 is 4.72 Å². The third-order valence-electron chi connectivity index (χ3n) is 4.00. The Labute approximate surface area is 138 Å². The number of aryl methyl sites for hydroxylation is 1. The molecule has 1 aromatic carbocycles. The van der Waals surface area contributed by atoms with Gasteiger partial charge >= 0.3 is 0 Å². The van der Waals surface area contributed by atoms with Crippen LogP contribution in [0.3, 0.4) is 0 Å². The Hall–Kier alpha value is -0.990. The number of rotatable bonds is 8. The molecule has 1 aliphatic heterocycles. The topological polar surface area (TPSA) is 67.9 Å². The normalized spacial score (nSPS) is 18.0. The molecular weight excluding hydrogens is 316 g/mol. The molecule has 0 radical (unpaired) electrons. The van der Waals surface area contributed by atoms with Gasteiger partial charge in [-0.3, -0.25) is 4.90 Å². The van der Waals surface area contributed by atoms with Gasteiger partial charge in [0.2, 0.25) is 10.0 Å². The van der Waals surface area contributed by atoms with Crippen LogP contribution in [0.25, 0.3) is 0 Å². The molecular formula is C16H26N2O4S. The first-order valence-electron chi connectivity index (χ1n) is 7.86. The second-order valence-corrected chi connectivity index (χ2v) is 7.66. The van der Waals surface area contributed by atoms with Crippen molar-refractivity contribution in [1.29, 1.82) is 0 Å². The lowest BCUT2D eigenvalue weighted by atomic mass is 10.0. The standard InChI is InChI=1S/C16H26N2O4S/c1-14-3-5-15(6-4-14)16(18-7-9-22-10-8-18)13-17-23(19,20)12-11-21-2/h3-6,16-17H,7-13H2,1-2H3. The molecule has 130 valence electrons. The highest BCUT2D eigenvalue weighted by molar-refractivity contribution is 7.89. The van der Waals surface area contributed by atoms with Crippen molar-refractivity contribution in [1.82, 2.24) is 9.62 Å². The van der Waals surface area contributed by atoms with E-state index in [1.165, 1.54) is 12.7 Å². The number of nitrogens with one attached hydrogen (secondary N) is 1. The van der Waals surface area contributed by atoms with E-state index in [4.69, 9.17) is 9.47 Å². The molecule has 1 saturated heterocycles. The maximum absolute atomic E-state index is 12.0. The fourth-order valence-corrected chi connectivity index (χ4v) is 3.55. The largest absolute Gasteiger partial charge is 0.384 e. The molecule has 1 unspecified atom stereocenters. The molecule has 1 aliphatic rings. The van der Waals surface area contributed by atoms with E-state index in [9.17, 15) is 8.42 Å². The van der Waals surface area contributed by atoms with E-state index < -0.39 is 10.0 Å². The van der Waals surface area contributed by atoms with E-state index in [2.05, 4.69) is 33.9 Å². The molecule has 23 heavy (non-hydrogen) atoms. The summed E-state index contributed by atoms with van der Waals surface area (Å²) >= 11 is 0. The number of hydrogen-bond acceptors (Lipinski definition) is 5. The third-order valence-corrected chi connectivity index (χ3v) is 5.31. The highest BCUT2D eigenvalue weighted by Gasteiger charge is 2.24. The molecule has 6 nitrogen and oxygen atoms in total. The molecule has 1 heterocycles. The molecule has 1 aromatic rings. The second-order valence-electron chi connectivity index (χ2n) is 5.73. The molecule has 7 heteroatoms. The van der Waals surface area contributed by atoms with Crippen molar-refractivity contribution in [3.63, 3.8) is 0 Å². The first-order chi connectivity index (χ1) is 11.0. The predicted octanol–water partition coefficient (Wildman–Crippen LogP) is 0.934. The van der Waals surface area contributed by atoms with E-state index in [0.29, 0.717) is 19.8 Å². The van der Waals surface area contributed by atoms with Crippen LogP contribution >= 0.6 is 0 Å². The minimum absolute atomic E-state index is 0.0109. The minimum atomic E-state index is -3.33. The highest BCUT2D eigenvalue weighted by atomic mass is 32.2. The van der Waals surface area contributed by atoms with Crippen molar-refractivity contribution in [3.05, 3.63) is 35.4 Å². The first-order valence-corrected chi connectivity index (χ1v) is 9.52. The lowest BCUT2D eigenvalue weighted by Gasteiger charge is -2.35. The van der Waals surface area contributed by atoms with Gasteiger partial charge in [-0.15, -0.1) is 0 Å². The predicted molar refractivity (Wildman–Crippen MR) is 90.0 cm³/mol. The van der Waals surface area contributed by atoms with Gasteiger partial charge < -0.3 is 9.47 Å². The van der Waals surface area contributed by atoms with E-state index in [0.717, 1.165) is 18.7 Å². The number of benzene rings is 1.